The number of pyridine rings is 1. The smallest absolute Gasteiger partial charge is 0.232 e. The molecule has 0 unspecified atom stereocenters. The number of amides is 2. The van der Waals surface area contributed by atoms with Gasteiger partial charge in [0.2, 0.25) is 12.3 Å². The number of benzene rings is 1. The van der Waals surface area contributed by atoms with Gasteiger partial charge in [0, 0.05) is 50.4 Å². The van der Waals surface area contributed by atoms with Crippen LogP contribution in [0.25, 0.3) is 0 Å². The molecule has 2 amide bonds. The summed E-state index contributed by atoms with van der Waals surface area (Å²) in [4.78, 5) is 31.2. The molecule has 1 aliphatic rings. The molecule has 154 valence electrons. The van der Waals surface area contributed by atoms with Crippen molar-refractivity contribution in [3.63, 3.8) is 0 Å². The minimum atomic E-state index is -0.402. The number of hydrogen-bond acceptors (Lipinski definition) is 5. The van der Waals surface area contributed by atoms with Crippen LogP contribution in [0.3, 0.4) is 0 Å². The van der Waals surface area contributed by atoms with Crippen molar-refractivity contribution < 1.29 is 14.0 Å². The van der Waals surface area contributed by atoms with Gasteiger partial charge >= 0.3 is 0 Å². The Morgan fingerprint density at radius 1 is 1.34 bits per heavy atom. The van der Waals surface area contributed by atoms with E-state index in [0.29, 0.717) is 43.8 Å². The Kier molecular flexibility index (Phi) is 6.43. The molecule has 1 atom stereocenters. The van der Waals surface area contributed by atoms with E-state index in [1.165, 1.54) is 5.01 Å². The van der Waals surface area contributed by atoms with Gasteiger partial charge in [-0.05, 0) is 32.0 Å². The maximum absolute atomic E-state index is 15.1. The Bertz CT molecular complexity index is 874. The van der Waals surface area contributed by atoms with Gasteiger partial charge in [-0.3, -0.25) is 24.9 Å². The number of rotatable bonds is 6. The Morgan fingerprint density at radius 3 is 2.76 bits per heavy atom. The highest BCUT2D eigenvalue weighted by Crippen LogP contribution is 2.23. The van der Waals surface area contributed by atoms with Crippen LogP contribution < -0.4 is 10.4 Å². The number of hydrogen-bond donors (Lipinski definition) is 1. The van der Waals surface area contributed by atoms with Gasteiger partial charge < -0.3 is 4.90 Å². The molecule has 1 fully saturated rings. The summed E-state index contributed by atoms with van der Waals surface area (Å²) in [6.45, 7) is 7.84. The zero-order valence-electron chi connectivity index (χ0n) is 16.9. The maximum atomic E-state index is 15.1. The van der Waals surface area contributed by atoms with E-state index < -0.39 is 5.82 Å². The predicted octanol–water partition coefficient (Wildman–Crippen LogP) is 2.57. The molecular formula is C21H26FN5O2. The van der Waals surface area contributed by atoms with E-state index in [0.717, 1.165) is 5.69 Å². The largest absolute Gasteiger partial charge is 0.340 e. The summed E-state index contributed by atoms with van der Waals surface area (Å²) in [5, 5.41) is 1.20. The number of carbonyl (C=O) groups is 2. The number of hydrazine groups is 1. The summed E-state index contributed by atoms with van der Waals surface area (Å²) in [7, 11) is 0. The lowest BCUT2D eigenvalue weighted by Gasteiger charge is -2.39. The zero-order valence-corrected chi connectivity index (χ0v) is 16.9. The molecule has 3 rings (SSSR count). The summed E-state index contributed by atoms with van der Waals surface area (Å²) in [5.74, 6) is -0.339. The summed E-state index contributed by atoms with van der Waals surface area (Å²) in [5.41, 5.74) is 4.91. The summed E-state index contributed by atoms with van der Waals surface area (Å²) >= 11 is 0. The molecule has 1 saturated heterocycles. The van der Waals surface area contributed by atoms with Crippen LogP contribution in [0.4, 0.5) is 15.8 Å². The number of nitrogens with one attached hydrogen (secondary N) is 1. The number of halogens is 1. The standard InChI is InChI=1S/C21H26FN5O2/c1-15-7-8-19(11-23-15)27(14-28)24-20-6-4-5-18(21(20)22)13-25-9-10-26(17(3)29)12-16(25)2/h4-8,11,14,16,24H,9-10,12-13H2,1-3H3/t16-/m0/s1. The van der Waals surface area contributed by atoms with Gasteiger partial charge in [0.25, 0.3) is 0 Å². The third kappa shape index (κ3) is 4.89. The molecule has 0 saturated carbocycles. The average molecular weight is 399 g/mol. The second-order valence-corrected chi connectivity index (χ2v) is 7.31. The van der Waals surface area contributed by atoms with Crippen molar-refractivity contribution in [1.29, 1.82) is 0 Å². The third-order valence-electron chi connectivity index (χ3n) is 5.18. The molecule has 1 N–H and O–H groups in total. The number of aryl methyl sites for hydroxylation is 1. The molecule has 2 heterocycles. The van der Waals surface area contributed by atoms with Gasteiger partial charge in [-0.15, -0.1) is 0 Å². The van der Waals surface area contributed by atoms with Crippen molar-refractivity contribution in [2.24, 2.45) is 0 Å². The zero-order chi connectivity index (χ0) is 21.0. The van der Waals surface area contributed by atoms with E-state index in [1.54, 1.807) is 43.5 Å². The Balaban J connectivity index is 1.73. The van der Waals surface area contributed by atoms with Crippen molar-refractivity contribution in [3.05, 3.63) is 53.6 Å². The van der Waals surface area contributed by atoms with Crippen LogP contribution in [0.15, 0.2) is 36.5 Å². The summed E-state index contributed by atoms with van der Waals surface area (Å²) < 4.78 is 15.1. The minimum absolute atomic E-state index is 0.0634. The van der Waals surface area contributed by atoms with Gasteiger partial charge in [-0.2, -0.15) is 0 Å². The van der Waals surface area contributed by atoms with Crippen LogP contribution in [-0.4, -0.2) is 52.8 Å². The van der Waals surface area contributed by atoms with Crippen molar-refractivity contribution >= 4 is 23.7 Å². The van der Waals surface area contributed by atoms with Gasteiger partial charge in [0.1, 0.15) is 0 Å². The van der Waals surface area contributed by atoms with Gasteiger partial charge in [0.05, 0.1) is 17.6 Å². The minimum Gasteiger partial charge on any atom is -0.340 e. The molecule has 29 heavy (non-hydrogen) atoms. The molecule has 1 aromatic carbocycles. The third-order valence-corrected chi connectivity index (χ3v) is 5.18. The SMILES string of the molecule is CC(=O)N1CCN(Cc2cccc(NN(C=O)c3ccc(C)nc3)c2F)[C@@H](C)C1. The lowest BCUT2D eigenvalue weighted by atomic mass is 10.1. The molecule has 0 radical (unpaired) electrons. The Morgan fingerprint density at radius 2 is 2.14 bits per heavy atom. The Hall–Kier alpha value is -3.00. The first-order valence-electron chi connectivity index (χ1n) is 9.60. The molecule has 0 spiro atoms. The van der Waals surface area contributed by atoms with Crippen LogP contribution in [-0.2, 0) is 16.1 Å². The van der Waals surface area contributed by atoms with E-state index in [-0.39, 0.29) is 17.6 Å². The topological polar surface area (TPSA) is 68.8 Å². The molecule has 0 bridgehead atoms. The fraction of sp³-hybridized carbons (Fsp3) is 0.381. The van der Waals surface area contributed by atoms with E-state index in [4.69, 9.17) is 0 Å². The van der Waals surface area contributed by atoms with Gasteiger partial charge in [-0.25, -0.2) is 9.40 Å². The van der Waals surface area contributed by atoms with Crippen molar-refractivity contribution in [2.75, 3.05) is 30.1 Å². The van der Waals surface area contributed by atoms with Crippen LogP contribution >= 0.6 is 0 Å². The first kappa shape index (κ1) is 20.7. The Labute approximate surface area is 170 Å². The highest BCUT2D eigenvalue weighted by atomic mass is 19.1. The van der Waals surface area contributed by atoms with Crippen molar-refractivity contribution in [1.82, 2.24) is 14.8 Å². The lowest BCUT2D eigenvalue weighted by Crippen LogP contribution is -2.52. The molecule has 1 aliphatic heterocycles. The van der Waals surface area contributed by atoms with Crippen LogP contribution in [0.2, 0.25) is 0 Å². The highest BCUT2D eigenvalue weighted by Gasteiger charge is 2.26. The van der Waals surface area contributed by atoms with E-state index in [9.17, 15) is 9.59 Å². The molecule has 1 aromatic heterocycles. The number of carbonyl (C=O) groups excluding carboxylic acids is 2. The predicted molar refractivity (Wildman–Crippen MR) is 110 cm³/mol. The normalized spacial score (nSPS) is 17.1. The second kappa shape index (κ2) is 9.00. The van der Waals surface area contributed by atoms with E-state index in [2.05, 4.69) is 15.3 Å². The molecule has 2 aromatic rings. The maximum Gasteiger partial charge on any atom is 0.232 e. The van der Waals surface area contributed by atoms with Crippen molar-refractivity contribution in [3.8, 4) is 0 Å². The fourth-order valence-electron chi connectivity index (χ4n) is 3.41. The first-order valence-corrected chi connectivity index (χ1v) is 9.60. The van der Waals surface area contributed by atoms with E-state index in [1.807, 2.05) is 18.7 Å². The van der Waals surface area contributed by atoms with Crippen LogP contribution in [0.5, 0.6) is 0 Å². The number of piperazine rings is 1. The fourth-order valence-corrected chi connectivity index (χ4v) is 3.41. The van der Waals surface area contributed by atoms with E-state index >= 15 is 4.39 Å². The van der Waals surface area contributed by atoms with Crippen LogP contribution in [0, 0.1) is 12.7 Å². The van der Waals surface area contributed by atoms with Gasteiger partial charge in [0.15, 0.2) is 5.82 Å². The first-order chi connectivity index (χ1) is 13.9. The van der Waals surface area contributed by atoms with Crippen LogP contribution in [0.1, 0.15) is 25.1 Å². The lowest BCUT2D eigenvalue weighted by molar-refractivity contribution is -0.131. The summed E-state index contributed by atoms with van der Waals surface area (Å²) in [6, 6.07) is 8.74. The summed E-state index contributed by atoms with van der Waals surface area (Å²) in [6.07, 6.45) is 2.14. The van der Waals surface area contributed by atoms with Crippen molar-refractivity contribution in [2.45, 2.75) is 33.4 Å². The molecule has 0 aliphatic carbocycles. The van der Waals surface area contributed by atoms with Gasteiger partial charge in [-0.1, -0.05) is 12.1 Å². The molecule has 7 nitrogen and oxygen atoms in total. The number of nitrogens with zero attached hydrogens (tertiary/aromatic N) is 4. The quantitative estimate of drug-likeness (QED) is 0.597. The molecule has 8 heteroatoms. The highest BCUT2D eigenvalue weighted by molar-refractivity contribution is 5.78. The average Bonchev–Trinajstić information content (AvgIpc) is 2.70. The number of aromatic nitrogens is 1. The number of anilines is 2. The second-order valence-electron chi connectivity index (χ2n) is 7.31. The monoisotopic (exact) mass is 399 g/mol. The molecular weight excluding hydrogens is 373 g/mol.